The largest absolute Gasteiger partial charge is 0.461 e. The average Bonchev–Trinajstić information content (AvgIpc) is 2.74. The predicted octanol–water partition coefficient (Wildman–Crippen LogP) is 5.52. The topological polar surface area (TPSA) is 49.9 Å². The molecule has 172 valence electrons. The molecule has 0 heterocycles. The molecule has 0 bridgehead atoms. The summed E-state index contributed by atoms with van der Waals surface area (Å²) in [6, 6.07) is 7.78. The zero-order chi connectivity index (χ0) is 24.1. The molecule has 0 atom stereocenters. The van der Waals surface area contributed by atoms with Crippen molar-refractivity contribution in [3.05, 3.63) is 72.3 Å². The summed E-state index contributed by atoms with van der Waals surface area (Å²) in [7, 11) is 1.05. The summed E-state index contributed by atoms with van der Waals surface area (Å²) < 4.78 is 83.8. The van der Waals surface area contributed by atoms with E-state index < -0.39 is 41.2 Å². The highest BCUT2D eigenvalue weighted by atomic mass is 19.4. The Bertz CT molecular complexity index is 941. The molecule has 0 saturated carbocycles. The van der Waals surface area contributed by atoms with Gasteiger partial charge in [0, 0.05) is 24.5 Å². The predicted molar refractivity (Wildman–Crippen MR) is 105 cm³/mol. The number of rotatable bonds is 6. The van der Waals surface area contributed by atoms with Crippen LogP contribution < -0.4 is 9.80 Å². The van der Waals surface area contributed by atoms with Gasteiger partial charge in [0.15, 0.2) is 0 Å². The van der Waals surface area contributed by atoms with Crippen LogP contribution in [-0.4, -0.2) is 32.2 Å². The highest BCUT2D eigenvalue weighted by molar-refractivity contribution is 6.03. The van der Waals surface area contributed by atoms with Crippen LogP contribution in [-0.2, 0) is 21.9 Å². The minimum atomic E-state index is -5.06. The quantitative estimate of drug-likeness (QED) is 0.324. The van der Waals surface area contributed by atoms with Crippen molar-refractivity contribution in [3.63, 3.8) is 0 Å². The van der Waals surface area contributed by atoms with Gasteiger partial charge in [-0.15, -0.1) is 0 Å². The third-order valence-corrected chi connectivity index (χ3v) is 4.27. The molecule has 11 heteroatoms. The maximum atomic E-state index is 13.2. The maximum Gasteiger partial charge on any atom is 0.416 e. The van der Waals surface area contributed by atoms with E-state index in [0.717, 1.165) is 18.0 Å². The monoisotopic (exact) mass is 460 g/mol. The van der Waals surface area contributed by atoms with Crippen LogP contribution in [0.5, 0.6) is 0 Å². The van der Waals surface area contributed by atoms with E-state index in [1.165, 1.54) is 12.1 Å². The van der Waals surface area contributed by atoms with Crippen LogP contribution >= 0.6 is 0 Å². The van der Waals surface area contributed by atoms with E-state index in [-0.39, 0.29) is 19.2 Å². The summed E-state index contributed by atoms with van der Waals surface area (Å²) in [5.74, 6) is -0.758. The van der Waals surface area contributed by atoms with Gasteiger partial charge in [0.2, 0.25) is 0 Å². The number of hydrogen-bond acceptors (Lipinski definition) is 3. The standard InChI is InChI=1S/C21H18F6N2O3/c1-3-18(30)32-10-9-29(16-7-5-4-6-8-16)19(31)28(2)17-12-14(20(22,23)24)11-15(13-17)21(25,26)27/h3-8,11-13H,1,9-10H2,2H3. The normalized spacial score (nSPS) is 11.6. The Kier molecular flexibility index (Phi) is 7.55. The van der Waals surface area contributed by atoms with Crippen LogP contribution in [0.4, 0.5) is 42.5 Å². The fraction of sp³-hybridized carbons (Fsp3) is 0.238. The summed E-state index contributed by atoms with van der Waals surface area (Å²) in [4.78, 5) is 26.0. The molecule has 0 unspecified atom stereocenters. The lowest BCUT2D eigenvalue weighted by Crippen LogP contribution is -2.43. The Labute approximate surface area is 179 Å². The van der Waals surface area contributed by atoms with E-state index in [1.807, 2.05) is 0 Å². The van der Waals surface area contributed by atoms with E-state index in [9.17, 15) is 35.9 Å². The summed E-state index contributed by atoms with van der Waals surface area (Å²) in [5.41, 5.74) is -3.41. The molecule has 0 N–H and O–H groups in total. The second-order valence-electron chi connectivity index (χ2n) is 6.46. The third-order valence-electron chi connectivity index (χ3n) is 4.27. The SMILES string of the molecule is C=CC(=O)OCCN(C(=O)N(C)c1cc(C(F)(F)F)cc(C(F)(F)F)c1)c1ccccc1. The first-order valence-electron chi connectivity index (χ1n) is 9.03. The van der Waals surface area contributed by atoms with E-state index in [0.29, 0.717) is 22.7 Å². The van der Waals surface area contributed by atoms with Gasteiger partial charge in [-0.05, 0) is 30.3 Å². The molecule has 32 heavy (non-hydrogen) atoms. The maximum absolute atomic E-state index is 13.2. The summed E-state index contributed by atoms with van der Waals surface area (Å²) in [5, 5.41) is 0. The number of halogens is 6. The number of para-hydroxylation sites is 1. The lowest BCUT2D eigenvalue weighted by atomic mass is 10.1. The zero-order valence-corrected chi connectivity index (χ0v) is 16.7. The molecule has 0 aliphatic rings. The lowest BCUT2D eigenvalue weighted by molar-refractivity contribution is -0.143. The van der Waals surface area contributed by atoms with Crippen LogP contribution in [0.1, 0.15) is 11.1 Å². The molecular formula is C21H18F6N2O3. The molecule has 2 amide bonds. The number of nitrogens with zero attached hydrogens (tertiary/aromatic N) is 2. The number of anilines is 2. The van der Waals surface area contributed by atoms with E-state index in [2.05, 4.69) is 6.58 Å². The summed E-state index contributed by atoms with van der Waals surface area (Å²) in [6.45, 7) is 2.74. The van der Waals surface area contributed by atoms with Crippen molar-refractivity contribution in [2.45, 2.75) is 12.4 Å². The second kappa shape index (κ2) is 9.75. The van der Waals surface area contributed by atoms with Gasteiger partial charge in [-0.1, -0.05) is 24.8 Å². The summed E-state index contributed by atoms with van der Waals surface area (Å²) in [6.07, 6.45) is -9.21. The van der Waals surface area contributed by atoms with Crippen molar-refractivity contribution in [2.24, 2.45) is 0 Å². The first kappa shape index (κ1) is 24.8. The van der Waals surface area contributed by atoms with Crippen LogP contribution in [0.3, 0.4) is 0 Å². The minimum absolute atomic E-state index is 0.0223. The van der Waals surface area contributed by atoms with Gasteiger partial charge < -0.3 is 4.74 Å². The molecule has 0 aliphatic heterocycles. The Morgan fingerprint density at radius 3 is 1.94 bits per heavy atom. The molecule has 0 aromatic heterocycles. The van der Waals surface area contributed by atoms with Crippen LogP contribution in [0.15, 0.2) is 61.2 Å². The smallest absolute Gasteiger partial charge is 0.416 e. The zero-order valence-electron chi connectivity index (χ0n) is 16.7. The Hall–Kier alpha value is -3.50. The van der Waals surface area contributed by atoms with Gasteiger partial charge in [-0.3, -0.25) is 9.80 Å². The molecule has 2 aromatic rings. The number of esters is 1. The minimum Gasteiger partial charge on any atom is -0.461 e. The van der Waals surface area contributed by atoms with Crippen molar-refractivity contribution < 1.29 is 40.7 Å². The first-order valence-corrected chi connectivity index (χ1v) is 9.03. The van der Waals surface area contributed by atoms with Gasteiger partial charge in [0.05, 0.1) is 17.7 Å². The van der Waals surface area contributed by atoms with Crippen molar-refractivity contribution in [2.75, 3.05) is 30.0 Å². The van der Waals surface area contributed by atoms with Gasteiger partial charge in [0.1, 0.15) is 6.61 Å². The molecule has 0 fully saturated rings. The number of benzene rings is 2. The van der Waals surface area contributed by atoms with Gasteiger partial charge in [0.25, 0.3) is 0 Å². The third kappa shape index (κ3) is 6.25. The molecule has 2 aromatic carbocycles. The van der Waals surface area contributed by atoms with Crippen molar-refractivity contribution in [1.82, 2.24) is 0 Å². The molecule has 0 saturated heterocycles. The number of ether oxygens (including phenoxy) is 1. The highest BCUT2D eigenvalue weighted by Crippen LogP contribution is 2.38. The van der Waals surface area contributed by atoms with Crippen molar-refractivity contribution in [1.29, 1.82) is 0 Å². The second-order valence-corrected chi connectivity index (χ2v) is 6.46. The van der Waals surface area contributed by atoms with Crippen LogP contribution in [0.2, 0.25) is 0 Å². The molecular weight excluding hydrogens is 442 g/mol. The molecule has 2 rings (SSSR count). The molecule has 0 spiro atoms. The van der Waals surface area contributed by atoms with Gasteiger partial charge in [-0.25, -0.2) is 9.59 Å². The Balaban J connectivity index is 2.43. The van der Waals surface area contributed by atoms with Crippen LogP contribution in [0.25, 0.3) is 0 Å². The number of urea groups is 1. The number of alkyl halides is 6. The molecule has 5 nitrogen and oxygen atoms in total. The van der Waals surface area contributed by atoms with E-state index >= 15 is 0 Å². The van der Waals surface area contributed by atoms with Crippen molar-refractivity contribution in [3.8, 4) is 0 Å². The first-order chi connectivity index (χ1) is 14.8. The Morgan fingerprint density at radius 1 is 0.938 bits per heavy atom. The number of carbonyl (C=O) groups excluding carboxylic acids is 2. The van der Waals surface area contributed by atoms with E-state index in [1.54, 1.807) is 18.2 Å². The van der Waals surface area contributed by atoms with Crippen LogP contribution in [0, 0.1) is 0 Å². The molecule has 0 radical (unpaired) electrons. The fourth-order valence-electron chi connectivity index (χ4n) is 2.66. The number of carbonyl (C=O) groups is 2. The van der Waals surface area contributed by atoms with Gasteiger partial charge in [-0.2, -0.15) is 26.3 Å². The Morgan fingerprint density at radius 2 is 1.47 bits per heavy atom. The highest BCUT2D eigenvalue weighted by Gasteiger charge is 2.38. The summed E-state index contributed by atoms with van der Waals surface area (Å²) >= 11 is 0. The number of hydrogen-bond donors (Lipinski definition) is 0. The van der Waals surface area contributed by atoms with Gasteiger partial charge >= 0.3 is 24.4 Å². The fourth-order valence-corrected chi connectivity index (χ4v) is 2.66. The average molecular weight is 460 g/mol. The van der Waals surface area contributed by atoms with E-state index in [4.69, 9.17) is 4.74 Å². The van der Waals surface area contributed by atoms with Crippen molar-refractivity contribution >= 4 is 23.4 Å². The lowest BCUT2D eigenvalue weighted by Gasteiger charge is -2.29. The number of amides is 2. The molecule has 0 aliphatic carbocycles.